The van der Waals surface area contributed by atoms with Gasteiger partial charge in [-0.15, -0.1) is 0 Å². The first kappa shape index (κ1) is 17.3. The van der Waals surface area contributed by atoms with Gasteiger partial charge in [-0.25, -0.2) is 14.3 Å². The van der Waals surface area contributed by atoms with E-state index < -0.39 is 11.2 Å². The molecule has 4 rings (SSSR count). The van der Waals surface area contributed by atoms with Gasteiger partial charge in [0.25, 0.3) is 5.56 Å². The number of hydrogen-bond donors (Lipinski definition) is 2. The van der Waals surface area contributed by atoms with Crippen molar-refractivity contribution >= 4 is 17.0 Å². The summed E-state index contributed by atoms with van der Waals surface area (Å²) < 4.78 is 6.31. The highest BCUT2D eigenvalue weighted by atomic mass is 16.5. The van der Waals surface area contributed by atoms with Crippen LogP contribution in [0.2, 0.25) is 0 Å². The Morgan fingerprint density at radius 2 is 1.96 bits per heavy atom. The normalized spacial score (nSPS) is 15.0. The third kappa shape index (κ3) is 3.30. The minimum Gasteiger partial charge on any atom is -0.495 e. The summed E-state index contributed by atoms with van der Waals surface area (Å²) in [7, 11) is 1.49. The zero-order chi connectivity index (χ0) is 18.8. The molecule has 0 spiro atoms. The molecule has 0 saturated heterocycles. The molecule has 2 N–H and O–H groups in total. The fraction of sp³-hybridized carbons (Fsp3) is 0.368. The lowest BCUT2D eigenvalue weighted by Crippen LogP contribution is -2.34. The molecule has 3 aromatic rings. The maximum atomic E-state index is 12.9. The Balaban J connectivity index is 1.77. The zero-order valence-corrected chi connectivity index (χ0v) is 15.1. The van der Waals surface area contributed by atoms with Crippen molar-refractivity contribution in [2.45, 2.75) is 38.1 Å². The standard InChI is InChI=1S/C19H21N5O3/c1-27-15-10-6-5-9-14(15)24-17(25)13-11-20-18(22-16(13)23-19(24)26)21-12-7-3-2-4-8-12/h5-6,9-12H,2-4,7-8H2,1H3,(H2,20,21,22,23,26). The predicted octanol–water partition coefficient (Wildman–Crippen LogP) is 2.22. The molecule has 0 atom stereocenters. The van der Waals surface area contributed by atoms with Gasteiger partial charge in [0.2, 0.25) is 5.95 Å². The average Bonchev–Trinajstić information content (AvgIpc) is 2.69. The monoisotopic (exact) mass is 367 g/mol. The first-order chi connectivity index (χ1) is 13.2. The maximum absolute atomic E-state index is 12.9. The van der Waals surface area contributed by atoms with Gasteiger partial charge in [0.1, 0.15) is 11.1 Å². The SMILES string of the molecule is COc1ccccc1-n1c(=O)[nH]c2nc(NC3CCCCC3)ncc2c1=O. The van der Waals surface area contributed by atoms with Crippen LogP contribution in [0.15, 0.2) is 40.1 Å². The molecule has 27 heavy (non-hydrogen) atoms. The summed E-state index contributed by atoms with van der Waals surface area (Å²) in [4.78, 5) is 36.8. The summed E-state index contributed by atoms with van der Waals surface area (Å²) in [6.45, 7) is 0. The van der Waals surface area contributed by atoms with E-state index in [9.17, 15) is 9.59 Å². The van der Waals surface area contributed by atoms with Gasteiger partial charge in [-0.3, -0.25) is 9.78 Å². The van der Waals surface area contributed by atoms with Crippen LogP contribution in [-0.4, -0.2) is 32.7 Å². The van der Waals surface area contributed by atoms with Crippen molar-refractivity contribution in [3.05, 3.63) is 51.3 Å². The molecule has 2 aromatic heterocycles. The average molecular weight is 367 g/mol. The van der Waals surface area contributed by atoms with E-state index >= 15 is 0 Å². The van der Waals surface area contributed by atoms with E-state index in [-0.39, 0.29) is 11.0 Å². The van der Waals surface area contributed by atoms with Crippen LogP contribution in [0.1, 0.15) is 32.1 Å². The fourth-order valence-electron chi connectivity index (χ4n) is 3.54. The van der Waals surface area contributed by atoms with E-state index in [4.69, 9.17) is 4.74 Å². The fourth-order valence-corrected chi connectivity index (χ4v) is 3.54. The van der Waals surface area contributed by atoms with Crippen LogP contribution in [-0.2, 0) is 0 Å². The number of hydrogen-bond acceptors (Lipinski definition) is 6. The number of nitrogens with one attached hydrogen (secondary N) is 2. The number of methoxy groups -OCH3 is 1. The lowest BCUT2D eigenvalue weighted by atomic mass is 9.96. The molecule has 2 heterocycles. The second-order valence-electron chi connectivity index (χ2n) is 6.68. The van der Waals surface area contributed by atoms with Gasteiger partial charge in [-0.05, 0) is 25.0 Å². The second-order valence-corrected chi connectivity index (χ2v) is 6.68. The summed E-state index contributed by atoms with van der Waals surface area (Å²) in [6.07, 6.45) is 7.24. The molecule has 0 bridgehead atoms. The van der Waals surface area contributed by atoms with Gasteiger partial charge in [0, 0.05) is 12.2 Å². The summed E-state index contributed by atoms with van der Waals surface area (Å²) in [5, 5.41) is 3.55. The molecule has 0 unspecified atom stereocenters. The molecule has 8 nitrogen and oxygen atoms in total. The van der Waals surface area contributed by atoms with Gasteiger partial charge in [-0.2, -0.15) is 4.98 Å². The van der Waals surface area contributed by atoms with Crippen molar-refractivity contribution in [1.29, 1.82) is 0 Å². The Hall–Kier alpha value is -3.16. The third-order valence-electron chi connectivity index (χ3n) is 4.92. The quantitative estimate of drug-likeness (QED) is 0.733. The molecule has 140 valence electrons. The number of aromatic nitrogens is 4. The lowest BCUT2D eigenvalue weighted by molar-refractivity contribution is 0.412. The first-order valence-electron chi connectivity index (χ1n) is 9.09. The number of aromatic amines is 1. The number of rotatable bonds is 4. The van der Waals surface area contributed by atoms with Crippen molar-refractivity contribution in [2.75, 3.05) is 12.4 Å². The van der Waals surface area contributed by atoms with Crippen molar-refractivity contribution in [2.24, 2.45) is 0 Å². The van der Waals surface area contributed by atoms with Crippen molar-refractivity contribution in [3.63, 3.8) is 0 Å². The topological polar surface area (TPSA) is 102 Å². The highest BCUT2D eigenvalue weighted by molar-refractivity contribution is 5.73. The number of ether oxygens (including phenoxy) is 1. The van der Waals surface area contributed by atoms with Crippen LogP contribution >= 0.6 is 0 Å². The number of para-hydroxylation sites is 2. The number of H-pyrrole nitrogens is 1. The molecule has 1 aliphatic carbocycles. The molecule has 0 radical (unpaired) electrons. The van der Waals surface area contributed by atoms with E-state index in [0.29, 0.717) is 23.4 Å². The Kier molecular flexibility index (Phi) is 4.62. The molecular formula is C19H21N5O3. The third-order valence-corrected chi connectivity index (χ3v) is 4.92. The Morgan fingerprint density at radius 1 is 1.19 bits per heavy atom. The summed E-state index contributed by atoms with van der Waals surface area (Å²) in [6, 6.07) is 7.19. The predicted molar refractivity (Wildman–Crippen MR) is 103 cm³/mol. The van der Waals surface area contributed by atoms with E-state index in [1.165, 1.54) is 32.6 Å². The van der Waals surface area contributed by atoms with Gasteiger partial charge in [0.15, 0.2) is 5.65 Å². The van der Waals surface area contributed by atoms with Crippen LogP contribution in [0, 0.1) is 0 Å². The Morgan fingerprint density at radius 3 is 2.74 bits per heavy atom. The molecule has 0 aliphatic heterocycles. The van der Waals surface area contributed by atoms with E-state index in [1.54, 1.807) is 24.3 Å². The van der Waals surface area contributed by atoms with Crippen LogP contribution in [0.25, 0.3) is 16.7 Å². The molecule has 8 heteroatoms. The van der Waals surface area contributed by atoms with Crippen LogP contribution in [0.5, 0.6) is 5.75 Å². The second kappa shape index (κ2) is 7.22. The summed E-state index contributed by atoms with van der Waals surface area (Å²) in [5.41, 5.74) is -0.455. The minimum atomic E-state index is -0.570. The van der Waals surface area contributed by atoms with Crippen LogP contribution < -0.4 is 21.3 Å². The summed E-state index contributed by atoms with van der Waals surface area (Å²) >= 11 is 0. The van der Waals surface area contributed by atoms with Crippen LogP contribution in [0.4, 0.5) is 5.95 Å². The maximum Gasteiger partial charge on any atom is 0.334 e. The molecule has 1 saturated carbocycles. The van der Waals surface area contributed by atoms with Gasteiger partial charge >= 0.3 is 5.69 Å². The van der Waals surface area contributed by atoms with Gasteiger partial charge in [0.05, 0.1) is 12.8 Å². The molecule has 1 fully saturated rings. The first-order valence-corrected chi connectivity index (χ1v) is 9.09. The Bertz CT molecular complexity index is 1080. The van der Waals surface area contributed by atoms with E-state index in [2.05, 4.69) is 20.3 Å². The molecule has 1 aromatic carbocycles. The van der Waals surface area contributed by atoms with E-state index in [0.717, 1.165) is 17.4 Å². The summed E-state index contributed by atoms with van der Waals surface area (Å²) in [5.74, 6) is 0.862. The highest BCUT2D eigenvalue weighted by Gasteiger charge is 2.17. The van der Waals surface area contributed by atoms with E-state index in [1.807, 2.05) is 0 Å². The van der Waals surface area contributed by atoms with Crippen molar-refractivity contribution in [1.82, 2.24) is 19.5 Å². The Labute approximate surface area is 155 Å². The number of nitrogens with zero attached hydrogens (tertiary/aromatic N) is 3. The molecule has 0 amide bonds. The van der Waals surface area contributed by atoms with Gasteiger partial charge < -0.3 is 10.1 Å². The number of fused-ring (bicyclic) bond motifs is 1. The number of benzene rings is 1. The smallest absolute Gasteiger partial charge is 0.334 e. The zero-order valence-electron chi connectivity index (χ0n) is 15.1. The van der Waals surface area contributed by atoms with Gasteiger partial charge in [-0.1, -0.05) is 31.4 Å². The van der Waals surface area contributed by atoms with Crippen molar-refractivity contribution in [3.8, 4) is 11.4 Å². The molecular weight excluding hydrogens is 346 g/mol. The highest BCUT2D eigenvalue weighted by Crippen LogP contribution is 2.21. The lowest BCUT2D eigenvalue weighted by Gasteiger charge is -2.22. The van der Waals surface area contributed by atoms with Crippen molar-refractivity contribution < 1.29 is 4.74 Å². The largest absolute Gasteiger partial charge is 0.495 e. The minimum absolute atomic E-state index is 0.226. The van der Waals surface area contributed by atoms with Crippen LogP contribution in [0.3, 0.4) is 0 Å². The molecule has 1 aliphatic rings. The number of anilines is 1.